The Morgan fingerprint density at radius 1 is 1.37 bits per heavy atom. The van der Waals surface area contributed by atoms with Gasteiger partial charge in [0.05, 0.1) is 11.7 Å². The molecule has 3 N–H and O–H groups in total. The first-order valence-electron chi connectivity index (χ1n) is 5.93. The normalized spacial score (nSPS) is 12.7. The van der Waals surface area contributed by atoms with Crippen LogP contribution in [-0.2, 0) is 13.5 Å². The Bertz CT molecular complexity index is 580. The summed E-state index contributed by atoms with van der Waals surface area (Å²) in [6.45, 7) is 1.93. The van der Waals surface area contributed by atoms with E-state index in [1.807, 2.05) is 38.2 Å². The molecule has 0 saturated heterocycles. The van der Waals surface area contributed by atoms with Crippen LogP contribution in [-0.4, -0.2) is 9.78 Å². The molecule has 0 spiro atoms. The third kappa shape index (κ3) is 2.92. The standard InChI is InChI=1S/C13H16Cl2N4/c1-8-10(13(15)19(2)18-8)7-12(17-16)9-5-3-4-6-11(9)14/h3-6,12,17H,7,16H2,1-2H3. The molecule has 2 rings (SSSR count). The van der Waals surface area contributed by atoms with E-state index in [1.54, 1.807) is 4.68 Å². The number of halogens is 2. The predicted molar refractivity (Wildman–Crippen MR) is 78.2 cm³/mol. The number of aromatic nitrogens is 2. The average Bonchev–Trinajstić information content (AvgIpc) is 2.63. The lowest BCUT2D eigenvalue weighted by Gasteiger charge is -2.17. The molecule has 6 heteroatoms. The average molecular weight is 299 g/mol. The zero-order chi connectivity index (χ0) is 14.0. The maximum absolute atomic E-state index is 6.24. The fourth-order valence-corrected chi connectivity index (χ4v) is 2.65. The number of nitrogens with two attached hydrogens (primary N) is 1. The van der Waals surface area contributed by atoms with Gasteiger partial charge in [-0.05, 0) is 25.0 Å². The number of hydrogen-bond acceptors (Lipinski definition) is 3. The van der Waals surface area contributed by atoms with Crippen molar-refractivity contribution in [3.8, 4) is 0 Å². The molecule has 0 aliphatic carbocycles. The molecular weight excluding hydrogens is 283 g/mol. The molecule has 0 fully saturated rings. The van der Waals surface area contributed by atoms with Gasteiger partial charge in [-0.3, -0.25) is 16.0 Å². The molecule has 102 valence electrons. The first kappa shape index (κ1) is 14.3. The molecule has 1 heterocycles. The van der Waals surface area contributed by atoms with Crippen LogP contribution in [0.3, 0.4) is 0 Å². The first-order chi connectivity index (χ1) is 9.04. The number of hydrazine groups is 1. The van der Waals surface area contributed by atoms with Crippen LogP contribution in [0.5, 0.6) is 0 Å². The SMILES string of the molecule is Cc1nn(C)c(Cl)c1CC(NN)c1ccccc1Cl. The van der Waals surface area contributed by atoms with Crippen molar-refractivity contribution in [2.45, 2.75) is 19.4 Å². The fourth-order valence-electron chi connectivity index (χ4n) is 2.13. The Morgan fingerprint density at radius 2 is 2.05 bits per heavy atom. The summed E-state index contributed by atoms with van der Waals surface area (Å²) >= 11 is 12.4. The van der Waals surface area contributed by atoms with Crippen LogP contribution in [0, 0.1) is 6.92 Å². The Labute approximate surface area is 122 Å². The van der Waals surface area contributed by atoms with Gasteiger partial charge in [-0.15, -0.1) is 0 Å². The van der Waals surface area contributed by atoms with E-state index in [2.05, 4.69) is 10.5 Å². The van der Waals surface area contributed by atoms with Gasteiger partial charge in [-0.2, -0.15) is 5.10 Å². The molecule has 2 aromatic rings. The van der Waals surface area contributed by atoms with Crippen molar-refractivity contribution in [2.75, 3.05) is 0 Å². The van der Waals surface area contributed by atoms with Gasteiger partial charge < -0.3 is 0 Å². The second-order valence-electron chi connectivity index (χ2n) is 4.42. The minimum absolute atomic E-state index is 0.103. The van der Waals surface area contributed by atoms with Gasteiger partial charge in [0.1, 0.15) is 5.15 Å². The molecular formula is C13H16Cl2N4. The van der Waals surface area contributed by atoms with Gasteiger partial charge in [0, 0.05) is 17.6 Å². The van der Waals surface area contributed by atoms with E-state index in [0.717, 1.165) is 16.8 Å². The zero-order valence-corrected chi connectivity index (χ0v) is 12.3. The molecule has 0 saturated carbocycles. The Hall–Kier alpha value is -1.07. The van der Waals surface area contributed by atoms with Crippen LogP contribution in [0.1, 0.15) is 22.9 Å². The van der Waals surface area contributed by atoms with Gasteiger partial charge in [-0.25, -0.2) is 0 Å². The summed E-state index contributed by atoms with van der Waals surface area (Å²) in [4.78, 5) is 0. The Balaban J connectivity index is 2.32. The van der Waals surface area contributed by atoms with Crippen LogP contribution in [0.2, 0.25) is 10.2 Å². The van der Waals surface area contributed by atoms with E-state index < -0.39 is 0 Å². The van der Waals surface area contributed by atoms with Gasteiger partial charge in [0.25, 0.3) is 0 Å². The summed E-state index contributed by atoms with van der Waals surface area (Å²) in [5.41, 5.74) is 5.62. The lowest BCUT2D eigenvalue weighted by Crippen LogP contribution is -2.30. The van der Waals surface area contributed by atoms with Crippen molar-refractivity contribution in [2.24, 2.45) is 12.9 Å². The van der Waals surface area contributed by atoms with Gasteiger partial charge >= 0.3 is 0 Å². The highest BCUT2D eigenvalue weighted by molar-refractivity contribution is 6.31. The Kier molecular flexibility index (Phi) is 4.47. The minimum Gasteiger partial charge on any atom is -0.271 e. The predicted octanol–water partition coefficient (Wildman–Crippen LogP) is 2.78. The van der Waals surface area contributed by atoms with Gasteiger partial charge in [-0.1, -0.05) is 41.4 Å². The maximum atomic E-state index is 6.24. The molecule has 1 atom stereocenters. The fraction of sp³-hybridized carbons (Fsp3) is 0.308. The van der Waals surface area contributed by atoms with E-state index >= 15 is 0 Å². The molecule has 1 unspecified atom stereocenters. The molecule has 0 aliphatic heterocycles. The van der Waals surface area contributed by atoms with Gasteiger partial charge in [0.15, 0.2) is 0 Å². The third-order valence-corrected chi connectivity index (χ3v) is 3.98. The molecule has 1 aromatic heterocycles. The third-order valence-electron chi connectivity index (χ3n) is 3.16. The van der Waals surface area contributed by atoms with Crippen molar-refractivity contribution in [3.05, 3.63) is 51.3 Å². The molecule has 0 radical (unpaired) electrons. The summed E-state index contributed by atoms with van der Waals surface area (Å²) in [6.07, 6.45) is 0.638. The van der Waals surface area contributed by atoms with E-state index in [4.69, 9.17) is 29.0 Å². The topological polar surface area (TPSA) is 55.9 Å². The van der Waals surface area contributed by atoms with E-state index in [9.17, 15) is 0 Å². The van der Waals surface area contributed by atoms with Crippen LogP contribution in [0.4, 0.5) is 0 Å². The first-order valence-corrected chi connectivity index (χ1v) is 6.68. The van der Waals surface area contributed by atoms with E-state index in [1.165, 1.54) is 0 Å². The number of nitrogens with one attached hydrogen (secondary N) is 1. The number of hydrogen-bond donors (Lipinski definition) is 2. The van der Waals surface area contributed by atoms with Crippen molar-refractivity contribution < 1.29 is 0 Å². The summed E-state index contributed by atoms with van der Waals surface area (Å²) in [6, 6.07) is 7.52. The van der Waals surface area contributed by atoms with E-state index in [0.29, 0.717) is 16.6 Å². The van der Waals surface area contributed by atoms with Crippen LogP contribution >= 0.6 is 23.2 Å². The quantitative estimate of drug-likeness (QED) is 0.674. The maximum Gasteiger partial charge on any atom is 0.130 e. The lowest BCUT2D eigenvalue weighted by molar-refractivity contribution is 0.551. The van der Waals surface area contributed by atoms with Crippen molar-refractivity contribution in [1.82, 2.24) is 15.2 Å². The smallest absolute Gasteiger partial charge is 0.130 e. The lowest BCUT2D eigenvalue weighted by atomic mass is 10.00. The molecule has 0 amide bonds. The number of nitrogens with zero attached hydrogens (tertiary/aromatic N) is 2. The largest absolute Gasteiger partial charge is 0.271 e. The van der Waals surface area contributed by atoms with E-state index in [-0.39, 0.29) is 6.04 Å². The highest BCUT2D eigenvalue weighted by atomic mass is 35.5. The van der Waals surface area contributed by atoms with Crippen molar-refractivity contribution in [1.29, 1.82) is 0 Å². The van der Waals surface area contributed by atoms with Crippen molar-refractivity contribution in [3.63, 3.8) is 0 Å². The Morgan fingerprint density at radius 3 is 2.58 bits per heavy atom. The molecule has 19 heavy (non-hydrogen) atoms. The number of rotatable bonds is 4. The van der Waals surface area contributed by atoms with Crippen molar-refractivity contribution >= 4 is 23.2 Å². The monoisotopic (exact) mass is 298 g/mol. The zero-order valence-electron chi connectivity index (χ0n) is 10.8. The summed E-state index contributed by atoms with van der Waals surface area (Å²) < 4.78 is 1.66. The van der Waals surface area contributed by atoms with Crippen LogP contribution < -0.4 is 11.3 Å². The molecule has 4 nitrogen and oxygen atoms in total. The highest BCUT2D eigenvalue weighted by Crippen LogP contribution is 2.28. The second-order valence-corrected chi connectivity index (χ2v) is 5.19. The number of benzene rings is 1. The summed E-state index contributed by atoms with van der Waals surface area (Å²) in [5, 5.41) is 5.61. The second kappa shape index (κ2) is 5.92. The highest BCUT2D eigenvalue weighted by Gasteiger charge is 2.19. The van der Waals surface area contributed by atoms with Gasteiger partial charge in [0.2, 0.25) is 0 Å². The summed E-state index contributed by atoms with van der Waals surface area (Å²) in [5.74, 6) is 5.65. The minimum atomic E-state index is -0.103. The van der Waals surface area contributed by atoms with Crippen LogP contribution in [0.15, 0.2) is 24.3 Å². The molecule has 0 aliphatic rings. The summed E-state index contributed by atoms with van der Waals surface area (Å²) in [7, 11) is 1.82. The molecule has 0 bridgehead atoms. The molecule has 1 aromatic carbocycles. The number of aryl methyl sites for hydroxylation is 2. The van der Waals surface area contributed by atoms with Crippen LogP contribution in [0.25, 0.3) is 0 Å².